The number of nitrogens with one attached hydrogen (secondary N) is 1. The van der Waals surface area contributed by atoms with Crippen molar-refractivity contribution in [1.82, 2.24) is 15.1 Å². The lowest BCUT2D eigenvalue weighted by molar-refractivity contribution is 0.0323. The smallest absolute Gasteiger partial charge is 0.193 e. The minimum atomic E-state index is 0. The fourth-order valence-electron chi connectivity index (χ4n) is 2.95. The highest BCUT2D eigenvalue weighted by molar-refractivity contribution is 14.0. The molecule has 0 aliphatic carbocycles. The molecule has 1 saturated heterocycles. The minimum absolute atomic E-state index is 0. The predicted octanol–water partition coefficient (Wildman–Crippen LogP) is 3.32. The molecular weight excluding hydrogens is 463 g/mol. The Kier molecular flexibility index (Phi) is 11.5. The number of guanidine groups is 1. The molecule has 1 aliphatic rings. The number of ether oxygens (including phenoxy) is 1. The Hall–Kier alpha value is -0.570. The zero-order valence-electron chi connectivity index (χ0n) is 16.1. The van der Waals surface area contributed by atoms with Crippen LogP contribution in [0.25, 0.3) is 0 Å². The van der Waals surface area contributed by atoms with Crippen molar-refractivity contribution in [2.24, 2.45) is 10.9 Å². The van der Waals surface area contributed by atoms with Crippen LogP contribution in [0.2, 0.25) is 5.02 Å². The van der Waals surface area contributed by atoms with Crippen molar-refractivity contribution in [1.29, 1.82) is 0 Å². The van der Waals surface area contributed by atoms with Crippen LogP contribution >= 0.6 is 35.6 Å². The lowest BCUT2D eigenvalue weighted by atomic mass is 10.1. The van der Waals surface area contributed by atoms with Gasteiger partial charge in [0.15, 0.2) is 5.96 Å². The summed E-state index contributed by atoms with van der Waals surface area (Å²) in [4.78, 5) is 9.43. The van der Waals surface area contributed by atoms with Gasteiger partial charge in [-0.25, -0.2) is 0 Å². The molecule has 1 aromatic rings. The van der Waals surface area contributed by atoms with Crippen molar-refractivity contribution in [3.8, 4) is 0 Å². The molecule has 1 unspecified atom stereocenters. The quantitative estimate of drug-likeness (QED) is 0.359. The summed E-state index contributed by atoms with van der Waals surface area (Å²) in [6, 6.07) is 7.96. The molecule has 0 radical (unpaired) electrons. The normalized spacial score (nSPS) is 16.7. The monoisotopic (exact) mass is 494 g/mol. The highest BCUT2D eigenvalue weighted by Crippen LogP contribution is 2.16. The number of morpholine rings is 1. The predicted molar refractivity (Wildman–Crippen MR) is 121 cm³/mol. The Morgan fingerprint density at radius 3 is 2.69 bits per heavy atom. The largest absolute Gasteiger partial charge is 0.379 e. The van der Waals surface area contributed by atoms with Gasteiger partial charge in [0.1, 0.15) is 0 Å². The average Bonchev–Trinajstić information content (AvgIpc) is 2.61. The molecule has 1 atom stereocenters. The summed E-state index contributed by atoms with van der Waals surface area (Å²) in [6.45, 7) is 11.6. The lowest BCUT2D eigenvalue weighted by Crippen LogP contribution is -2.40. The van der Waals surface area contributed by atoms with Crippen LogP contribution in [0, 0.1) is 5.92 Å². The van der Waals surface area contributed by atoms with Crippen LogP contribution in [0.5, 0.6) is 0 Å². The Bertz CT molecular complexity index is 552. The van der Waals surface area contributed by atoms with E-state index < -0.39 is 0 Å². The molecule has 7 heteroatoms. The van der Waals surface area contributed by atoms with Gasteiger partial charge >= 0.3 is 0 Å². The van der Waals surface area contributed by atoms with E-state index in [2.05, 4.69) is 42.1 Å². The van der Waals surface area contributed by atoms with E-state index in [4.69, 9.17) is 21.3 Å². The number of benzene rings is 1. The van der Waals surface area contributed by atoms with Crippen LogP contribution in [0.1, 0.15) is 19.4 Å². The molecule has 26 heavy (non-hydrogen) atoms. The number of hydrogen-bond acceptors (Lipinski definition) is 3. The van der Waals surface area contributed by atoms with E-state index in [0.29, 0.717) is 5.92 Å². The van der Waals surface area contributed by atoms with Gasteiger partial charge in [-0.05, 0) is 24.5 Å². The maximum absolute atomic E-state index is 6.28. The standard InChI is InChI=1S/C19H31ClN4O.HI/c1-4-21-19(23(3)15-17-7-5-6-8-18(17)20)22-13-16(2)14-24-9-11-25-12-10-24;/h5-8,16H,4,9-15H2,1-3H3,(H,21,22);1H. The molecule has 0 saturated carbocycles. The van der Waals surface area contributed by atoms with Crippen molar-refractivity contribution in [3.63, 3.8) is 0 Å². The van der Waals surface area contributed by atoms with Gasteiger partial charge in [-0.2, -0.15) is 0 Å². The van der Waals surface area contributed by atoms with E-state index in [1.54, 1.807) is 0 Å². The van der Waals surface area contributed by atoms with E-state index in [1.807, 2.05) is 18.2 Å². The summed E-state index contributed by atoms with van der Waals surface area (Å²) in [7, 11) is 2.05. The number of rotatable bonds is 7. The summed E-state index contributed by atoms with van der Waals surface area (Å²) in [5.41, 5.74) is 1.11. The van der Waals surface area contributed by atoms with Crippen molar-refractivity contribution in [2.45, 2.75) is 20.4 Å². The summed E-state index contributed by atoms with van der Waals surface area (Å²) < 4.78 is 5.41. The second-order valence-corrected chi connectivity index (χ2v) is 7.07. The van der Waals surface area contributed by atoms with E-state index in [0.717, 1.165) is 69.0 Å². The fourth-order valence-corrected chi connectivity index (χ4v) is 3.15. The fraction of sp³-hybridized carbons (Fsp3) is 0.632. The maximum Gasteiger partial charge on any atom is 0.193 e. The van der Waals surface area contributed by atoms with Crippen molar-refractivity contribution in [3.05, 3.63) is 34.9 Å². The van der Waals surface area contributed by atoms with E-state index >= 15 is 0 Å². The molecule has 1 heterocycles. The van der Waals surface area contributed by atoms with Crippen LogP contribution in [0.15, 0.2) is 29.3 Å². The van der Waals surface area contributed by atoms with E-state index in [-0.39, 0.29) is 24.0 Å². The summed E-state index contributed by atoms with van der Waals surface area (Å²) in [5, 5.41) is 4.18. The Morgan fingerprint density at radius 1 is 1.35 bits per heavy atom. The molecule has 1 aromatic carbocycles. The van der Waals surface area contributed by atoms with Gasteiger partial charge in [0.2, 0.25) is 0 Å². The minimum Gasteiger partial charge on any atom is -0.379 e. The average molecular weight is 495 g/mol. The first-order valence-corrected chi connectivity index (χ1v) is 9.51. The molecule has 1 fully saturated rings. The van der Waals surface area contributed by atoms with Gasteiger partial charge in [-0.3, -0.25) is 9.89 Å². The molecule has 0 amide bonds. The first-order chi connectivity index (χ1) is 12.1. The van der Waals surface area contributed by atoms with Gasteiger partial charge in [0, 0.05) is 51.3 Å². The number of nitrogens with zero attached hydrogens (tertiary/aromatic N) is 3. The molecule has 0 spiro atoms. The van der Waals surface area contributed by atoms with Gasteiger partial charge < -0.3 is 15.0 Å². The van der Waals surface area contributed by atoms with Crippen LogP contribution in [0.3, 0.4) is 0 Å². The van der Waals surface area contributed by atoms with Gasteiger partial charge in [-0.1, -0.05) is 36.7 Å². The molecule has 0 aromatic heterocycles. The van der Waals surface area contributed by atoms with Crippen molar-refractivity contribution < 1.29 is 4.74 Å². The summed E-state index contributed by atoms with van der Waals surface area (Å²) >= 11 is 6.28. The zero-order valence-corrected chi connectivity index (χ0v) is 19.2. The molecule has 148 valence electrons. The highest BCUT2D eigenvalue weighted by Gasteiger charge is 2.14. The van der Waals surface area contributed by atoms with Crippen molar-refractivity contribution >= 4 is 41.5 Å². The number of halogens is 2. The summed E-state index contributed by atoms with van der Waals surface area (Å²) in [5.74, 6) is 1.44. The van der Waals surface area contributed by atoms with Crippen LogP contribution in [-0.2, 0) is 11.3 Å². The SMILES string of the molecule is CCNC(=NCC(C)CN1CCOCC1)N(C)Cc1ccccc1Cl.I. The Balaban J connectivity index is 0.00000338. The zero-order chi connectivity index (χ0) is 18.1. The van der Waals surface area contributed by atoms with Gasteiger partial charge in [0.25, 0.3) is 0 Å². The Labute approximate surface area is 180 Å². The second kappa shape index (κ2) is 12.8. The molecule has 5 nitrogen and oxygen atoms in total. The highest BCUT2D eigenvalue weighted by atomic mass is 127. The topological polar surface area (TPSA) is 40.1 Å². The second-order valence-electron chi connectivity index (χ2n) is 6.66. The third-order valence-corrected chi connectivity index (χ3v) is 4.66. The Morgan fingerprint density at radius 2 is 2.04 bits per heavy atom. The molecule has 0 bridgehead atoms. The first-order valence-electron chi connectivity index (χ1n) is 9.13. The van der Waals surface area contributed by atoms with Gasteiger partial charge in [0.05, 0.1) is 13.2 Å². The van der Waals surface area contributed by atoms with E-state index in [1.165, 1.54) is 0 Å². The van der Waals surface area contributed by atoms with Gasteiger partial charge in [-0.15, -0.1) is 24.0 Å². The van der Waals surface area contributed by atoms with Crippen LogP contribution in [-0.4, -0.2) is 68.7 Å². The number of hydrogen-bond donors (Lipinski definition) is 1. The summed E-state index contributed by atoms with van der Waals surface area (Å²) in [6.07, 6.45) is 0. The third kappa shape index (κ3) is 7.98. The molecule has 1 N–H and O–H groups in total. The molecular formula is C19H32ClIN4O. The maximum atomic E-state index is 6.28. The lowest BCUT2D eigenvalue weighted by Gasteiger charge is -2.29. The van der Waals surface area contributed by atoms with Crippen LogP contribution < -0.4 is 5.32 Å². The third-order valence-electron chi connectivity index (χ3n) is 4.29. The van der Waals surface area contributed by atoms with Crippen molar-refractivity contribution in [2.75, 3.05) is 53.0 Å². The molecule has 1 aliphatic heterocycles. The van der Waals surface area contributed by atoms with Crippen LogP contribution in [0.4, 0.5) is 0 Å². The van der Waals surface area contributed by atoms with E-state index in [9.17, 15) is 0 Å². The molecule has 2 rings (SSSR count). The first kappa shape index (κ1) is 23.5. The number of aliphatic imine (C=N–C) groups is 1.